The van der Waals surface area contributed by atoms with Crippen LogP contribution < -0.4 is 10.2 Å². The number of nitrogens with one attached hydrogen (secondary N) is 1. The Balaban J connectivity index is 2.64. The summed E-state index contributed by atoms with van der Waals surface area (Å²) >= 11 is 0. The van der Waals surface area contributed by atoms with Crippen molar-refractivity contribution in [1.82, 2.24) is 5.43 Å². The van der Waals surface area contributed by atoms with Gasteiger partial charge in [0.05, 0.1) is 6.61 Å². The fourth-order valence-corrected chi connectivity index (χ4v) is 1.20. The summed E-state index contributed by atoms with van der Waals surface area (Å²) in [7, 11) is 0. The highest BCUT2D eigenvalue weighted by molar-refractivity contribution is 5.95. The van der Waals surface area contributed by atoms with E-state index >= 15 is 0 Å². The molecule has 4 nitrogen and oxygen atoms in total. The van der Waals surface area contributed by atoms with Crippen molar-refractivity contribution in [2.24, 2.45) is 11.0 Å². The Labute approximate surface area is 108 Å². The van der Waals surface area contributed by atoms with E-state index < -0.39 is 0 Å². The smallest absolute Gasteiger partial charge is 0.271 e. The van der Waals surface area contributed by atoms with Crippen LogP contribution in [0.25, 0.3) is 0 Å². The van der Waals surface area contributed by atoms with E-state index in [2.05, 4.69) is 10.5 Å². The number of amides is 1. The molecule has 0 aliphatic heterocycles. The maximum atomic E-state index is 11.8. The van der Waals surface area contributed by atoms with Crippen molar-refractivity contribution < 1.29 is 9.53 Å². The van der Waals surface area contributed by atoms with Crippen molar-refractivity contribution in [2.45, 2.75) is 27.7 Å². The Morgan fingerprint density at radius 3 is 2.44 bits per heavy atom. The number of carbonyl (C=O) groups excluding carboxylic acids is 1. The van der Waals surface area contributed by atoms with Crippen LogP contribution in [0, 0.1) is 5.92 Å². The molecule has 0 atom stereocenters. The highest BCUT2D eigenvalue weighted by Crippen LogP contribution is 2.11. The standard InChI is InChI=1S/C14H20N2O2/c1-5-18-13-8-6-12(7-9-13)14(17)16-15-11(4)10(2)3/h6-10H,5H2,1-4H3,(H,16,17)/b15-11-. The molecule has 0 spiro atoms. The molecule has 18 heavy (non-hydrogen) atoms. The van der Waals surface area contributed by atoms with Crippen molar-refractivity contribution in [3.63, 3.8) is 0 Å². The zero-order chi connectivity index (χ0) is 13.5. The lowest BCUT2D eigenvalue weighted by atomic mass is 10.1. The largest absolute Gasteiger partial charge is 0.494 e. The van der Waals surface area contributed by atoms with Gasteiger partial charge in [0.15, 0.2) is 0 Å². The second kappa shape index (κ2) is 6.79. The average molecular weight is 248 g/mol. The van der Waals surface area contributed by atoms with Gasteiger partial charge in [0, 0.05) is 11.3 Å². The first kappa shape index (κ1) is 14.2. The summed E-state index contributed by atoms with van der Waals surface area (Å²) in [6.45, 7) is 8.49. The van der Waals surface area contributed by atoms with Gasteiger partial charge in [-0.3, -0.25) is 4.79 Å². The molecule has 0 bridgehead atoms. The lowest BCUT2D eigenvalue weighted by molar-refractivity contribution is 0.0954. The van der Waals surface area contributed by atoms with E-state index in [0.717, 1.165) is 11.5 Å². The van der Waals surface area contributed by atoms with Gasteiger partial charge < -0.3 is 4.74 Å². The summed E-state index contributed by atoms with van der Waals surface area (Å²) < 4.78 is 5.31. The molecule has 1 aromatic rings. The third-order valence-electron chi connectivity index (χ3n) is 2.60. The van der Waals surface area contributed by atoms with Gasteiger partial charge in [-0.25, -0.2) is 5.43 Å². The third-order valence-corrected chi connectivity index (χ3v) is 2.60. The summed E-state index contributed by atoms with van der Waals surface area (Å²) in [4.78, 5) is 11.8. The molecule has 0 aromatic heterocycles. The first-order valence-electron chi connectivity index (χ1n) is 6.12. The monoisotopic (exact) mass is 248 g/mol. The number of rotatable bonds is 5. The molecule has 1 N–H and O–H groups in total. The highest BCUT2D eigenvalue weighted by Gasteiger charge is 2.05. The maximum Gasteiger partial charge on any atom is 0.271 e. The molecule has 0 saturated carbocycles. The van der Waals surface area contributed by atoms with Gasteiger partial charge in [0.25, 0.3) is 5.91 Å². The molecule has 0 radical (unpaired) electrons. The summed E-state index contributed by atoms with van der Waals surface area (Å²) in [5.74, 6) is 0.875. The van der Waals surface area contributed by atoms with E-state index in [-0.39, 0.29) is 5.91 Å². The minimum absolute atomic E-state index is 0.210. The average Bonchev–Trinajstić information content (AvgIpc) is 2.36. The predicted octanol–water partition coefficient (Wildman–Crippen LogP) is 2.85. The maximum absolute atomic E-state index is 11.8. The van der Waals surface area contributed by atoms with E-state index in [0.29, 0.717) is 18.1 Å². The first-order valence-corrected chi connectivity index (χ1v) is 6.12. The zero-order valence-corrected chi connectivity index (χ0v) is 11.4. The second-order valence-corrected chi connectivity index (χ2v) is 4.31. The Hall–Kier alpha value is -1.84. The molecule has 0 unspecified atom stereocenters. The zero-order valence-electron chi connectivity index (χ0n) is 11.4. The van der Waals surface area contributed by atoms with E-state index in [4.69, 9.17) is 4.74 Å². The van der Waals surface area contributed by atoms with E-state index in [1.807, 2.05) is 27.7 Å². The highest BCUT2D eigenvalue weighted by atomic mass is 16.5. The fourth-order valence-electron chi connectivity index (χ4n) is 1.20. The van der Waals surface area contributed by atoms with Crippen LogP contribution in [0.2, 0.25) is 0 Å². The molecule has 0 heterocycles. The number of carbonyl (C=O) groups is 1. The first-order chi connectivity index (χ1) is 8.54. The van der Waals surface area contributed by atoms with Crippen LogP contribution in [-0.2, 0) is 0 Å². The number of hydrazone groups is 1. The van der Waals surface area contributed by atoms with Gasteiger partial charge >= 0.3 is 0 Å². The van der Waals surface area contributed by atoms with Crippen molar-refractivity contribution in [1.29, 1.82) is 0 Å². The van der Waals surface area contributed by atoms with Gasteiger partial charge in [-0.05, 0) is 44.0 Å². The lowest BCUT2D eigenvalue weighted by Crippen LogP contribution is -2.20. The van der Waals surface area contributed by atoms with Crippen LogP contribution in [-0.4, -0.2) is 18.2 Å². The summed E-state index contributed by atoms with van der Waals surface area (Å²) in [6, 6.07) is 7.00. The Bertz CT molecular complexity index is 422. The Morgan fingerprint density at radius 2 is 1.94 bits per heavy atom. The molecule has 98 valence electrons. The van der Waals surface area contributed by atoms with Crippen LogP contribution in [0.15, 0.2) is 29.4 Å². The van der Waals surface area contributed by atoms with Crippen molar-refractivity contribution >= 4 is 11.6 Å². The van der Waals surface area contributed by atoms with Crippen molar-refractivity contribution in [3.05, 3.63) is 29.8 Å². The van der Waals surface area contributed by atoms with E-state index in [9.17, 15) is 4.79 Å². The van der Waals surface area contributed by atoms with Crippen molar-refractivity contribution in [2.75, 3.05) is 6.61 Å². The van der Waals surface area contributed by atoms with Gasteiger partial charge in [0.1, 0.15) is 5.75 Å². The number of nitrogens with zero attached hydrogens (tertiary/aromatic N) is 1. The predicted molar refractivity (Wildman–Crippen MR) is 73.0 cm³/mol. The van der Waals surface area contributed by atoms with Gasteiger partial charge in [-0.2, -0.15) is 5.10 Å². The van der Waals surface area contributed by atoms with Crippen LogP contribution in [0.4, 0.5) is 0 Å². The van der Waals surface area contributed by atoms with Gasteiger partial charge in [-0.15, -0.1) is 0 Å². The summed E-state index contributed by atoms with van der Waals surface area (Å²) in [5.41, 5.74) is 4.01. The molecular weight excluding hydrogens is 228 g/mol. The number of ether oxygens (including phenoxy) is 1. The molecule has 1 amide bonds. The molecule has 1 aromatic carbocycles. The molecule has 0 aliphatic carbocycles. The minimum atomic E-state index is -0.210. The molecule has 4 heteroatoms. The SMILES string of the molecule is CCOc1ccc(C(=O)N/N=C(/C)C(C)C)cc1. The number of hydrogen-bond acceptors (Lipinski definition) is 3. The molecule has 1 rings (SSSR count). The quantitative estimate of drug-likeness (QED) is 0.643. The molecule has 0 fully saturated rings. The van der Waals surface area contributed by atoms with E-state index in [1.165, 1.54) is 0 Å². The van der Waals surface area contributed by atoms with Crippen molar-refractivity contribution in [3.8, 4) is 5.75 Å². The number of benzene rings is 1. The Kier molecular flexibility index (Phi) is 5.36. The number of hydrogen-bond donors (Lipinski definition) is 1. The van der Waals surface area contributed by atoms with Crippen LogP contribution in [0.5, 0.6) is 5.75 Å². The van der Waals surface area contributed by atoms with Crippen LogP contribution >= 0.6 is 0 Å². The summed E-state index contributed by atoms with van der Waals surface area (Å²) in [5, 5.41) is 4.04. The van der Waals surface area contributed by atoms with Gasteiger partial charge in [-0.1, -0.05) is 13.8 Å². The fraction of sp³-hybridized carbons (Fsp3) is 0.429. The molecule has 0 saturated heterocycles. The Morgan fingerprint density at radius 1 is 1.33 bits per heavy atom. The topological polar surface area (TPSA) is 50.7 Å². The molecule has 0 aliphatic rings. The normalized spacial score (nSPS) is 11.5. The third kappa shape index (κ3) is 4.20. The second-order valence-electron chi connectivity index (χ2n) is 4.31. The van der Waals surface area contributed by atoms with Crippen LogP contribution in [0.3, 0.4) is 0 Å². The summed E-state index contributed by atoms with van der Waals surface area (Å²) in [6.07, 6.45) is 0. The minimum Gasteiger partial charge on any atom is -0.494 e. The molecular formula is C14H20N2O2. The van der Waals surface area contributed by atoms with Crippen LogP contribution in [0.1, 0.15) is 38.1 Å². The lowest BCUT2D eigenvalue weighted by Gasteiger charge is -2.06. The van der Waals surface area contributed by atoms with E-state index in [1.54, 1.807) is 24.3 Å². The van der Waals surface area contributed by atoms with Gasteiger partial charge in [0.2, 0.25) is 0 Å².